The molecule has 3 aromatic rings. The third-order valence-corrected chi connectivity index (χ3v) is 7.33. The van der Waals surface area contributed by atoms with Gasteiger partial charge in [-0.15, -0.1) is 0 Å². The highest BCUT2D eigenvalue weighted by Crippen LogP contribution is 2.32. The Bertz CT molecular complexity index is 1420. The van der Waals surface area contributed by atoms with Gasteiger partial charge in [-0.3, -0.25) is 4.79 Å². The highest BCUT2D eigenvalue weighted by Gasteiger charge is 2.30. The number of halogens is 4. The minimum absolute atomic E-state index is 0.0513. The van der Waals surface area contributed by atoms with Crippen LogP contribution in [0.25, 0.3) is 10.9 Å². The number of benzene rings is 2. The highest BCUT2D eigenvalue weighted by atomic mass is 19.4. The standard InChI is InChI=1S/C30H35F4N5O2/c1-35-29(40)20-9-14-26(28(16-20)41-19-31)36-15-5-6-23-17-24-25(37-21-10-12-22(13-11-21)38(2)3)7-4-8-27(24)39(23)18-30(32,33)34/h4,7-9,14,16-17,21-22,36-37H,10-13,15,18-19H2,1-3H3,(H,35,40). The number of nitrogens with zero attached hydrogens (tertiary/aromatic N) is 2. The van der Waals surface area contributed by atoms with E-state index in [9.17, 15) is 22.4 Å². The fourth-order valence-electron chi connectivity index (χ4n) is 5.23. The van der Waals surface area contributed by atoms with E-state index in [2.05, 4.69) is 46.8 Å². The molecule has 1 aromatic heterocycles. The molecule has 220 valence electrons. The SMILES string of the molecule is CNC(=O)c1ccc(NCC#Cc2cc3c(NC4CCC(N(C)C)CC4)cccc3n2CC(F)(F)F)c(OCF)c1. The van der Waals surface area contributed by atoms with Gasteiger partial charge in [-0.25, -0.2) is 4.39 Å². The van der Waals surface area contributed by atoms with Crippen LogP contribution in [-0.4, -0.2) is 68.2 Å². The quantitative estimate of drug-likeness (QED) is 0.229. The number of amides is 1. The molecule has 3 N–H and O–H groups in total. The topological polar surface area (TPSA) is 70.6 Å². The van der Waals surface area contributed by atoms with E-state index < -0.39 is 19.6 Å². The molecule has 1 aliphatic rings. The Kier molecular flexibility index (Phi) is 9.65. The van der Waals surface area contributed by atoms with Gasteiger partial charge in [-0.1, -0.05) is 12.0 Å². The Labute approximate surface area is 237 Å². The Morgan fingerprint density at radius 2 is 1.85 bits per heavy atom. The molecule has 2 aromatic carbocycles. The molecular weight excluding hydrogens is 538 g/mol. The summed E-state index contributed by atoms with van der Waals surface area (Å²) in [6.45, 7) is -2.21. The molecule has 7 nitrogen and oxygen atoms in total. The van der Waals surface area contributed by atoms with E-state index in [0.29, 0.717) is 28.2 Å². The van der Waals surface area contributed by atoms with Gasteiger partial charge in [0.25, 0.3) is 5.91 Å². The van der Waals surface area contributed by atoms with Crippen LogP contribution in [-0.2, 0) is 6.54 Å². The number of aromatic nitrogens is 1. The number of rotatable bonds is 9. The van der Waals surface area contributed by atoms with E-state index in [4.69, 9.17) is 4.74 Å². The van der Waals surface area contributed by atoms with Gasteiger partial charge >= 0.3 is 6.18 Å². The van der Waals surface area contributed by atoms with Crippen molar-refractivity contribution in [1.82, 2.24) is 14.8 Å². The van der Waals surface area contributed by atoms with Crippen LogP contribution < -0.4 is 20.7 Å². The fraction of sp³-hybridized carbons (Fsp3) is 0.433. The molecule has 0 unspecified atom stereocenters. The summed E-state index contributed by atoms with van der Waals surface area (Å²) < 4.78 is 59.8. The molecule has 0 aliphatic heterocycles. The zero-order valence-electron chi connectivity index (χ0n) is 23.4. The van der Waals surface area contributed by atoms with Crippen LogP contribution in [0.5, 0.6) is 5.75 Å². The smallest absolute Gasteiger partial charge is 0.406 e. The van der Waals surface area contributed by atoms with Gasteiger partial charge in [0, 0.05) is 35.8 Å². The van der Waals surface area contributed by atoms with E-state index in [-0.39, 0.29) is 29.9 Å². The third-order valence-electron chi connectivity index (χ3n) is 7.33. The van der Waals surface area contributed by atoms with Gasteiger partial charge in [0.15, 0.2) is 0 Å². The second-order valence-corrected chi connectivity index (χ2v) is 10.3. The maximum atomic E-state index is 13.6. The van der Waals surface area contributed by atoms with Crippen LogP contribution in [0.1, 0.15) is 41.7 Å². The maximum absolute atomic E-state index is 13.6. The molecule has 1 amide bonds. The molecular formula is C30H35F4N5O2. The first kappa shape index (κ1) is 30.1. The van der Waals surface area contributed by atoms with Gasteiger partial charge in [0.2, 0.25) is 6.86 Å². The Hall–Kier alpha value is -3.91. The number of carbonyl (C=O) groups is 1. The van der Waals surface area contributed by atoms with E-state index >= 15 is 0 Å². The van der Waals surface area contributed by atoms with Crippen LogP contribution in [0.2, 0.25) is 0 Å². The average Bonchev–Trinajstić information content (AvgIpc) is 3.28. The highest BCUT2D eigenvalue weighted by molar-refractivity contribution is 5.95. The molecule has 0 atom stereocenters. The minimum Gasteiger partial charge on any atom is -0.461 e. The molecule has 0 spiro atoms. The lowest BCUT2D eigenvalue weighted by atomic mass is 9.90. The average molecular weight is 574 g/mol. The molecule has 1 fully saturated rings. The number of alkyl halides is 4. The van der Waals surface area contributed by atoms with Gasteiger partial charge in [0.05, 0.1) is 23.4 Å². The van der Waals surface area contributed by atoms with Gasteiger partial charge in [-0.05, 0) is 82.1 Å². The summed E-state index contributed by atoms with van der Waals surface area (Å²) in [6.07, 6.45) is -0.337. The summed E-state index contributed by atoms with van der Waals surface area (Å²) in [5, 5.41) is 9.72. The van der Waals surface area contributed by atoms with Crippen molar-refractivity contribution in [3.63, 3.8) is 0 Å². The minimum atomic E-state index is -4.43. The Morgan fingerprint density at radius 3 is 2.51 bits per heavy atom. The largest absolute Gasteiger partial charge is 0.461 e. The van der Waals surface area contributed by atoms with Crippen molar-refractivity contribution in [2.24, 2.45) is 0 Å². The molecule has 41 heavy (non-hydrogen) atoms. The van der Waals surface area contributed by atoms with Crippen molar-refractivity contribution >= 4 is 28.2 Å². The first-order valence-corrected chi connectivity index (χ1v) is 13.5. The van der Waals surface area contributed by atoms with Gasteiger partial charge in [0.1, 0.15) is 12.3 Å². The third kappa shape index (κ3) is 7.64. The number of anilines is 2. The summed E-state index contributed by atoms with van der Waals surface area (Å²) in [7, 11) is 5.65. The first-order valence-electron chi connectivity index (χ1n) is 13.5. The molecule has 1 saturated carbocycles. The van der Waals surface area contributed by atoms with Crippen LogP contribution in [0.15, 0.2) is 42.5 Å². The van der Waals surface area contributed by atoms with Crippen molar-refractivity contribution in [3.05, 3.63) is 53.7 Å². The molecule has 1 heterocycles. The predicted molar refractivity (Wildman–Crippen MR) is 153 cm³/mol. The molecule has 0 bridgehead atoms. The number of nitrogens with one attached hydrogen (secondary N) is 3. The summed E-state index contributed by atoms with van der Waals surface area (Å²) in [4.78, 5) is 14.1. The Morgan fingerprint density at radius 1 is 1.10 bits per heavy atom. The van der Waals surface area contributed by atoms with Crippen LogP contribution in [0.4, 0.5) is 28.9 Å². The van der Waals surface area contributed by atoms with Crippen LogP contribution >= 0.6 is 0 Å². The van der Waals surface area contributed by atoms with Crippen molar-refractivity contribution in [3.8, 4) is 17.6 Å². The number of hydrogen-bond donors (Lipinski definition) is 3. The number of ether oxygens (including phenoxy) is 1. The molecule has 4 rings (SSSR count). The summed E-state index contributed by atoms with van der Waals surface area (Å²) in [5.74, 6) is 5.51. The predicted octanol–water partition coefficient (Wildman–Crippen LogP) is 5.62. The molecule has 1 aliphatic carbocycles. The fourth-order valence-corrected chi connectivity index (χ4v) is 5.23. The van der Waals surface area contributed by atoms with E-state index in [1.54, 1.807) is 30.3 Å². The zero-order chi connectivity index (χ0) is 29.6. The molecule has 11 heteroatoms. The van der Waals surface area contributed by atoms with E-state index in [1.165, 1.54) is 17.7 Å². The van der Waals surface area contributed by atoms with E-state index in [0.717, 1.165) is 31.4 Å². The van der Waals surface area contributed by atoms with Crippen molar-refractivity contribution in [2.75, 3.05) is 45.2 Å². The normalized spacial score (nSPS) is 17.2. The van der Waals surface area contributed by atoms with Crippen molar-refractivity contribution in [1.29, 1.82) is 0 Å². The molecule has 0 saturated heterocycles. The number of carbonyl (C=O) groups excluding carboxylic acids is 1. The van der Waals surface area contributed by atoms with Crippen LogP contribution in [0, 0.1) is 11.8 Å². The number of hydrogen-bond acceptors (Lipinski definition) is 5. The lowest BCUT2D eigenvalue weighted by molar-refractivity contribution is -0.140. The first-order chi connectivity index (χ1) is 19.6. The summed E-state index contributed by atoms with van der Waals surface area (Å²) in [6, 6.07) is 12.3. The maximum Gasteiger partial charge on any atom is 0.406 e. The van der Waals surface area contributed by atoms with Gasteiger partial charge in [-0.2, -0.15) is 13.2 Å². The monoisotopic (exact) mass is 573 g/mol. The summed E-state index contributed by atoms with van der Waals surface area (Å²) in [5.41, 5.74) is 2.17. The van der Waals surface area contributed by atoms with Crippen LogP contribution in [0.3, 0.4) is 0 Å². The van der Waals surface area contributed by atoms with E-state index in [1.807, 2.05) is 6.07 Å². The lowest BCUT2D eigenvalue weighted by Gasteiger charge is -2.33. The second-order valence-electron chi connectivity index (χ2n) is 10.3. The second kappa shape index (κ2) is 13.2. The summed E-state index contributed by atoms with van der Waals surface area (Å²) >= 11 is 0. The van der Waals surface area contributed by atoms with Crippen molar-refractivity contribution < 1.29 is 27.1 Å². The Balaban J connectivity index is 1.56. The lowest BCUT2D eigenvalue weighted by Crippen LogP contribution is -2.36. The zero-order valence-corrected chi connectivity index (χ0v) is 23.4. The molecule has 0 radical (unpaired) electrons. The number of fused-ring (bicyclic) bond motifs is 1. The van der Waals surface area contributed by atoms with Gasteiger partial charge < -0.3 is 30.2 Å². The van der Waals surface area contributed by atoms with Crippen molar-refractivity contribution in [2.45, 2.75) is 50.5 Å².